The molecule has 2 saturated heterocycles. The van der Waals surface area contributed by atoms with Crippen LogP contribution in [0.3, 0.4) is 0 Å². The van der Waals surface area contributed by atoms with Gasteiger partial charge in [0.1, 0.15) is 30.5 Å². The smallest absolute Gasteiger partial charge is 0.303 e. The molecule has 12 nitrogen and oxygen atoms in total. The first-order valence-corrected chi connectivity index (χ1v) is 8.70. The van der Waals surface area contributed by atoms with E-state index >= 15 is 0 Å². The summed E-state index contributed by atoms with van der Waals surface area (Å²) in [7, 11) is 0. The molecular formula is C16H26O12. The Kier molecular flexibility index (Phi) is 7.70. The highest BCUT2D eigenvalue weighted by atomic mass is 16.7. The number of carbonyl (C=O) groups excluding carboxylic acids is 2. The Labute approximate surface area is 160 Å². The average Bonchev–Trinajstić information content (AvgIpc) is 2.61. The van der Waals surface area contributed by atoms with Crippen LogP contribution >= 0.6 is 0 Å². The lowest BCUT2D eigenvalue weighted by Crippen LogP contribution is -2.65. The SMILES string of the molecule is CC(=O)O[C@@H]1[C@@H](O)[C@H](C)O[C@@H](O[C@H]2[C@H](O)[C@@H](CO)OC(O)[C@@H]2O)[C@@H]1OC(C)=O. The molecule has 2 rings (SSSR count). The minimum Gasteiger partial charge on any atom is -0.455 e. The number of aliphatic hydroxyl groups excluding tert-OH is 5. The van der Waals surface area contributed by atoms with Gasteiger partial charge in [0.25, 0.3) is 0 Å². The zero-order valence-electron chi connectivity index (χ0n) is 15.6. The van der Waals surface area contributed by atoms with E-state index in [4.69, 9.17) is 23.7 Å². The van der Waals surface area contributed by atoms with Crippen LogP contribution in [0.25, 0.3) is 0 Å². The fourth-order valence-electron chi connectivity index (χ4n) is 3.12. The lowest BCUT2D eigenvalue weighted by atomic mass is 9.97. The van der Waals surface area contributed by atoms with Gasteiger partial charge in [-0.25, -0.2) is 0 Å². The number of carbonyl (C=O) groups is 2. The third-order valence-electron chi connectivity index (χ3n) is 4.49. The van der Waals surface area contributed by atoms with Gasteiger partial charge < -0.3 is 49.2 Å². The fraction of sp³-hybridized carbons (Fsp3) is 0.875. The number of rotatable bonds is 5. The molecule has 162 valence electrons. The molecule has 0 amide bonds. The summed E-state index contributed by atoms with van der Waals surface area (Å²) in [6, 6.07) is 0. The Morgan fingerprint density at radius 3 is 1.96 bits per heavy atom. The number of esters is 2. The van der Waals surface area contributed by atoms with Crippen molar-refractivity contribution in [2.45, 2.75) is 82.2 Å². The van der Waals surface area contributed by atoms with E-state index in [1.54, 1.807) is 0 Å². The molecule has 2 aliphatic heterocycles. The lowest BCUT2D eigenvalue weighted by Gasteiger charge is -2.46. The van der Waals surface area contributed by atoms with Crippen molar-refractivity contribution in [3.8, 4) is 0 Å². The second kappa shape index (κ2) is 9.41. The van der Waals surface area contributed by atoms with E-state index in [1.807, 2.05) is 0 Å². The Balaban J connectivity index is 2.28. The molecule has 0 bridgehead atoms. The summed E-state index contributed by atoms with van der Waals surface area (Å²) in [5, 5.41) is 49.7. The zero-order chi connectivity index (χ0) is 21.2. The van der Waals surface area contributed by atoms with Crippen molar-refractivity contribution in [2.75, 3.05) is 6.61 Å². The maximum atomic E-state index is 11.5. The Hall–Kier alpha value is -1.38. The van der Waals surface area contributed by atoms with Crippen LogP contribution in [0.5, 0.6) is 0 Å². The van der Waals surface area contributed by atoms with Gasteiger partial charge in [-0.05, 0) is 6.92 Å². The summed E-state index contributed by atoms with van der Waals surface area (Å²) in [5.74, 6) is -1.54. The quantitative estimate of drug-likeness (QED) is 0.286. The maximum absolute atomic E-state index is 11.5. The molecule has 0 aromatic heterocycles. The number of hydrogen-bond acceptors (Lipinski definition) is 12. The van der Waals surface area contributed by atoms with Gasteiger partial charge in [0.05, 0.1) is 12.7 Å². The largest absolute Gasteiger partial charge is 0.455 e. The van der Waals surface area contributed by atoms with Gasteiger partial charge in [-0.2, -0.15) is 0 Å². The Morgan fingerprint density at radius 2 is 1.43 bits per heavy atom. The van der Waals surface area contributed by atoms with Crippen molar-refractivity contribution in [2.24, 2.45) is 0 Å². The molecule has 0 aliphatic carbocycles. The maximum Gasteiger partial charge on any atom is 0.303 e. The minimum atomic E-state index is -1.77. The van der Waals surface area contributed by atoms with Crippen LogP contribution in [0.2, 0.25) is 0 Å². The number of aliphatic hydroxyl groups is 5. The summed E-state index contributed by atoms with van der Waals surface area (Å²) < 4.78 is 26.1. The van der Waals surface area contributed by atoms with E-state index in [9.17, 15) is 35.1 Å². The second-order valence-electron chi connectivity index (χ2n) is 6.68. The molecule has 0 radical (unpaired) electrons. The third kappa shape index (κ3) is 4.96. The molecule has 2 heterocycles. The highest BCUT2D eigenvalue weighted by Crippen LogP contribution is 2.31. The molecule has 0 aromatic carbocycles. The first kappa shape index (κ1) is 22.9. The molecule has 1 unspecified atom stereocenters. The van der Waals surface area contributed by atoms with Gasteiger partial charge in [-0.1, -0.05) is 0 Å². The first-order valence-electron chi connectivity index (χ1n) is 8.70. The molecule has 0 aromatic rings. The van der Waals surface area contributed by atoms with E-state index in [0.29, 0.717) is 0 Å². The van der Waals surface area contributed by atoms with Crippen LogP contribution in [0.4, 0.5) is 0 Å². The van der Waals surface area contributed by atoms with Crippen LogP contribution < -0.4 is 0 Å². The zero-order valence-corrected chi connectivity index (χ0v) is 15.6. The second-order valence-corrected chi connectivity index (χ2v) is 6.68. The first-order chi connectivity index (χ1) is 13.1. The van der Waals surface area contributed by atoms with Gasteiger partial charge in [-0.15, -0.1) is 0 Å². The topological polar surface area (TPSA) is 181 Å². The molecule has 12 heteroatoms. The van der Waals surface area contributed by atoms with Crippen LogP contribution in [0.1, 0.15) is 20.8 Å². The third-order valence-corrected chi connectivity index (χ3v) is 4.49. The fourth-order valence-corrected chi connectivity index (χ4v) is 3.12. The monoisotopic (exact) mass is 410 g/mol. The van der Waals surface area contributed by atoms with Crippen molar-refractivity contribution in [1.82, 2.24) is 0 Å². The van der Waals surface area contributed by atoms with Crippen LogP contribution in [-0.4, -0.2) is 105 Å². The number of ether oxygens (including phenoxy) is 5. The summed E-state index contributed by atoms with van der Waals surface area (Å²) in [6.07, 6.45) is -14.4. The van der Waals surface area contributed by atoms with Crippen LogP contribution in [0, 0.1) is 0 Å². The molecule has 5 N–H and O–H groups in total. The normalized spacial score (nSPS) is 44.0. The van der Waals surface area contributed by atoms with Crippen LogP contribution in [0.15, 0.2) is 0 Å². The summed E-state index contributed by atoms with van der Waals surface area (Å²) in [6.45, 7) is 2.95. The molecule has 0 saturated carbocycles. The van der Waals surface area contributed by atoms with E-state index in [1.165, 1.54) is 6.92 Å². The van der Waals surface area contributed by atoms with Crippen molar-refractivity contribution in [3.05, 3.63) is 0 Å². The van der Waals surface area contributed by atoms with Gasteiger partial charge in [0, 0.05) is 13.8 Å². The van der Waals surface area contributed by atoms with Crippen molar-refractivity contribution < 1.29 is 58.8 Å². The predicted octanol–water partition coefficient (Wildman–Crippen LogP) is -3.23. The average molecular weight is 410 g/mol. The highest BCUT2D eigenvalue weighted by molar-refractivity contribution is 5.67. The van der Waals surface area contributed by atoms with Gasteiger partial charge in [0.2, 0.25) is 0 Å². The van der Waals surface area contributed by atoms with E-state index in [-0.39, 0.29) is 0 Å². The van der Waals surface area contributed by atoms with Gasteiger partial charge in [0.15, 0.2) is 24.8 Å². The summed E-state index contributed by atoms with van der Waals surface area (Å²) in [5.41, 5.74) is 0. The molecule has 0 spiro atoms. The summed E-state index contributed by atoms with van der Waals surface area (Å²) in [4.78, 5) is 22.9. The molecule has 28 heavy (non-hydrogen) atoms. The van der Waals surface area contributed by atoms with Crippen molar-refractivity contribution >= 4 is 11.9 Å². The van der Waals surface area contributed by atoms with Gasteiger partial charge >= 0.3 is 11.9 Å². The summed E-state index contributed by atoms with van der Waals surface area (Å²) >= 11 is 0. The Bertz CT molecular complexity index is 556. The number of hydrogen-bond donors (Lipinski definition) is 5. The molecule has 10 atom stereocenters. The van der Waals surface area contributed by atoms with Crippen molar-refractivity contribution in [3.63, 3.8) is 0 Å². The van der Waals surface area contributed by atoms with E-state index in [0.717, 1.165) is 13.8 Å². The predicted molar refractivity (Wildman–Crippen MR) is 86.3 cm³/mol. The van der Waals surface area contributed by atoms with E-state index < -0.39 is 80.0 Å². The van der Waals surface area contributed by atoms with E-state index in [2.05, 4.69) is 0 Å². The highest BCUT2D eigenvalue weighted by Gasteiger charge is 2.52. The Morgan fingerprint density at radius 1 is 0.857 bits per heavy atom. The standard InChI is InChI=1S/C16H26O12/c1-5-9(20)13(25-6(2)18)14(26-7(3)19)16(24-5)28-12-10(21)8(4-17)27-15(23)11(12)22/h5,8-17,20-23H,4H2,1-3H3/t5-,8+,9-,10+,11+,12-,13+,14+,15?,16-/m0/s1. The van der Waals surface area contributed by atoms with Crippen LogP contribution in [-0.2, 0) is 33.3 Å². The molecular weight excluding hydrogens is 384 g/mol. The molecule has 2 fully saturated rings. The van der Waals surface area contributed by atoms with Crippen molar-refractivity contribution in [1.29, 1.82) is 0 Å². The van der Waals surface area contributed by atoms with Gasteiger partial charge in [-0.3, -0.25) is 9.59 Å². The lowest BCUT2D eigenvalue weighted by molar-refractivity contribution is -0.353. The minimum absolute atomic E-state index is 0.672. The molecule has 2 aliphatic rings.